The lowest BCUT2D eigenvalue weighted by atomic mass is 10.0. The molecule has 0 aliphatic heterocycles. The maximum atomic E-state index is 13.0. The first-order chi connectivity index (χ1) is 14.2. The fourth-order valence-corrected chi connectivity index (χ4v) is 3.96. The molecule has 0 saturated carbocycles. The van der Waals surface area contributed by atoms with Gasteiger partial charge in [0.1, 0.15) is 5.69 Å². The van der Waals surface area contributed by atoms with Gasteiger partial charge in [-0.2, -0.15) is 23.4 Å². The summed E-state index contributed by atoms with van der Waals surface area (Å²) in [4.78, 5) is 12.5. The van der Waals surface area contributed by atoms with Crippen LogP contribution in [0.15, 0.2) is 59.2 Å². The Kier molecular flexibility index (Phi) is 5.10. The summed E-state index contributed by atoms with van der Waals surface area (Å²) in [7, 11) is 1.27. The summed E-state index contributed by atoms with van der Waals surface area (Å²) in [5.74, 6) is -0.523. The van der Waals surface area contributed by atoms with E-state index < -0.39 is 22.3 Å². The van der Waals surface area contributed by atoms with Crippen LogP contribution < -0.4 is 5.32 Å². The van der Waals surface area contributed by atoms with Crippen molar-refractivity contribution >= 4 is 38.4 Å². The van der Waals surface area contributed by atoms with Crippen LogP contribution in [0, 0.1) is 0 Å². The summed E-state index contributed by atoms with van der Waals surface area (Å²) < 4.78 is 41.1. The SMILES string of the molecule is Cn1nc(C(F)(F)F)c(Br)c1C(=O)Nc1ccn(Cc2cccc3ccccc23)n1. The van der Waals surface area contributed by atoms with Crippen LogP contribution in [0.5, 0.6) is 0 Å². The van der Waals surface area contributed by atoms with Crippen molar-refractivity contribution in [2.75, 3.05) is 5.32 Å². The lowest BCUT2D eigenvalue weighted by Gasteiger charge is -2.07. The molecule has 0 aliphatic rings. The van der Waals surface area contributed by atoms with E-state index in [9.17, 15) is 18.0 Å². The summed E-state index contributed by atoms with van der Waals surface area (Å²) in [5.41, 5.74) is -0.346. The molecule has 1 N–H and O–H groups in total. The number of nitrogens with zero attached hydrogens (tertiary/aromatic N) is 4. The summed E-state index contributed by atoms with van der Waals surface area (Å²) in [6, 6.07) is 15.5. The zero-order chi connectivity index (χ0) is 21.5. The second kappa shape index (κ2) is 7.60. The maximum absolute atomic E-state index is 13.0. The Bertz CT molecular complexity index is 1240. The normalized spacial score (nSPS) is 11.8. The second-order valence-corrected chi connectivity index (χ2v) is 7.42. The zero-order valence-electron chi connectivity index (χ0n) is 15.6. The molecule has 2 aromatic carbocycles. The van der Waals surface area contributed by atoms with Crippen LogP contribution in [0.4, 0.5) is 19.0 Å². The number of nitrogens with one attached hydrogen (secondary N) is 1. The number of hydrogen-bond acceptors (Lipinski definition) is 3. The molecule has 1 amide bonds. The van der Waals surface area contributed by atoms with Crippen LogP contribution in [0.3, 0.4) is 0 Å². The van der Waals surface area contributed by atoms with E-state index in [1.165, 1.54) is 7.05 Å². The number of halogens is 4. The Labute approximate surface area is 177 Å². The fourth-order valence-electron chi connectivity index (χ4n) is 3.22. The van der Waals surface area contributed by atoms with Gasteiger partial charge < -0.3 is 5.32 Å². The van der Waals surface area contributed by atoms with Crippen molar-refractivity contribution in [3.05, 3.63) is 76.2 Å². The van der Waals surface area contributed by atoms with Gasteiger partial charge in [-0.3, -0.25) is 14.2 Å². The topological polar surface area (TPSA) is 64.7 Å². The molecule has 0 fully saturated rings. The Hall–Kier alpha value is -3.14. The third-order valence-corrected chi connectivity index (χ3v) is 5.32. The average molecular weight is 478 g/mol. The Morgan fingerprint density at radius 2 is 1.83 bits per heavy atom. The lowest BCUT2D eigenvalue weighted by molar-refractivity contribution is -0.142. The van der Waals surface area contributed by atoms with Gasteiger partial charge in [-0.1, -0.05) is 42.5 Å². The summed E-state index contributed by atoms with van der Waals surface area (Å²) >= 11 is 2.83. The number of anilines is 1. The highest BCUT2D eigenvalue weighted by molar-refractivity contribution is 9.10. The van der Waals surface area contributed by atoms with E-state index in [1.54, 1.807) is 16.9 Å². The standard InChI is InChI=1S/C20H15BrF3N5O/c1-28-17(16(21)18(27-28)20(22,23)24)19(30)25-15-9-10-29(26-15)11-13-7-4-6-12-5-2-3-8-14(12)13/h2-10H,11H2,1H3,(H,25,26,30). The summed E-state index contributed by atoms with van der Waals surface area (Å²) in [6.45, 7) is 0.477. The van der Waals surface area contributed by atoms with Crippen molar-refractivity contribution < 1.29 is 18.0 Å². The molecule has 0 bridgehead atoms. The molecule has 30 heavy (non-hydrogen) atoms. The molecule has 4 rings (SSSR count). The predicted molar refractivity (Wildman–Crippen MR) is 109 cm³/mol. The number of hydrogen-bond donors (Lipinski definition) is 1. The number of fused-ring (bicyclic) bond motifs is 1. The van der Waals surface area contributed by atoms with E-state index in [2.05, 4.69) is 31.4 Å². The van der Waals surface area contributed by atoms with E-state index in [0.717, 1.165) is 21.0 Å². The van der Waals surface area contributed by atoms with Crippen molar-refractivity contribution in [1.82, 2.24) is 19.6 Å². The smallest absolute Gasteiger partial charge is 0.304 e. The monoisotopic (exact) mass is 477 g/mol. The van der Waals surface area contributed by atoms with Gasteiger partial charge in [-0.05, 0) is 32.3 Å². The molecule has 0 radical (unpaired) electrons. The van der Waals surface area contributed by atoms with Gasteiger partial charge in [0.25, 0.3) is 5.91 Å². The number of carbonyl (C=O) groups is 1. The van der Waals surface area contributed by atoms with Gasteiger partial charge >= 0.3 is 6.18 Å². The number of carbonyl (C=O) groups excluding carboxylic acids is 1. The van der Waals surface area contributed by atoms with E-state index in [4.69, 9.17) is 0 Å². The minimum Gasteiger partial charge on any atom is -0.304 e. The third-order valence-electron chi connectivity index (χ3n) is 4.57. The molecule has 0 aliphatic carbocycles. The number of rotatable bonds is 4. The Balaban J connectivity index is 1.54. The van der Waals surface area contributed by atoms with E-state index in [-0.39, 0.29) is 11.5 Å². The van der Waals surface area contributed by atoms with Crippen molar-refractivity contribution in [2.45, 2.75) is 12.7 Å². The minimum atomic E-state index is -4.67. The molecule has 0 unspecified atom stereocenters. The first-order valence-electron chi connectivity index (χ1n) is 8.85. The molecule has 0 spiro atoms. The van der Waals surface area contributed by atoms with E-state index in [1.807, 2.05) is 42.5 Å². The van der Waals surface area contributed by atoms with Gasteiger partial charge in [0.05, 0.1) is 11.0 Å². The highest BCUT2D eigenvalue weighted by atomic mass is 79.9. The molecule has 10 heteroatoms. The largest absolute Gasteiger partial charge is 0.436 e. The average Bonchev–Trinajstić information content (AvgIpc) is 3.25. The summed E-state index contributed by atoms with van der Waals surface area (Å²) in [5, 5.41) is 12.4. The van der Waals surface area contributed by atoms with Crippen LogP contribution in [0.1, 0.15) is 21.7 Å². The number of aromatic nitrogens is 4. The second-order valence-electron chi connectivity index (χ2n) is 6.62. The van der Waals surface area contributed by atoms with E-state index in [0.29, 0.717) is 6.54 Å². The summed E-state index contributed by atoms with van der Waals surface area (Å²) in [6.07, 6.45) is -2.98. The van der Waals surface area contributed by atoms with Crippen LogP contribution in [-0.4, -0.2) is 25.5 Å². The van der Waals surface area contributed by atoms with Crippen molar-refractivity contribution in [3.8, 4) is 0 Å². The van der Waals surface area contributed by atoms with Crippen molar-refractivity contribution in [3.63, 3.8) is 0 Å². The molecule has 2 heterocycles. The highest BCUT2D eigenvalue weighted by Gasteiger charge is 2.39. The predicted octanol–water partition coefficient (Wildman–Crippen LogP) is 4.85. The van der Waals surface area contributed by atoms with Crippen molar-refractivity contribution in [2.24, 2.45) is 7.05 Å². The highest BCUT2D eigenvalue weighted by Crippen LogP contribution is 2.35. The Morgan fingerprint density at radius 3 is 2.57 bits per heavy atom. The molecule has 0 atom stereocenters. The van der Waals surface area contributed by atoms with Gasteiger partial charge in [0, 0.05) is 19.3 Å². The quantitative estimate of drug-likeness (QED) is 0.456. The maximum Gasteiger partial charge on any atom is 0.436 e. The van der Waals surface area contributed by atoms with Crippen LogP contribution in [-0.2, 0) is 19.8 Å². The number of benzene rings is 2. The first-order valence-corrected chi connectivity index (χ1v) is 9.64. The fraction of sp³-hybridized carbons (Fsp3) is 0.150. The molecular weight excluding hydrogens is 463 g/mol. The van der Waals surface area contributed by atoms with Gasteiger partial charge in [0.2, 0.25) is 0 Å². The number of aryl methyl sites for hydroxylation is 1. The van der Waals surface area contributed by atoms with Crippen molar-refractivity contribution in [1.29, 1.82) is 0 Å². The number of amides is 1. The van der Waals surface area contributed by atoms with Crippen LogP contribution in [0.25, 0.3) is 10.8 Å². The van der Waals surface area contributed by atoms with Crippen LogP contribution in [0.2, 0.25) is 0 Å². The molecule has 154 valence electrons. The third kappa shape index (κ3) is 3.82. The van der Waals surface area contributed by atoms with Gasteiger partial charge in [-0.15, -0.1) is 0 Å². The zero-order valence-corrected chi connectivity index (χ0v) is 17.2. The van der Waals surface area contributed by atoms with E-state index >= 15 is 0 Å². The molecule has 6 nitrogen and oxygen atoms in total. The lowest BCUT2D eigenvalue weighted by Crippen LogP contribution is -2.17. The Morgan fingerprint density at radius 1 is 1.10 bits per heavy atom. The molecular formula is C20H15BrF3N5O. The van der Waals surface area contributed by atoms with Gasteiger partial charge in [-0.25, -0.2) is 0 Å². The first kappa shape index (κ1) is 20.1. The molecule has 4 aromatic rings. The minimum absolute atomic E-state index is 0.224. The van der Waals surface area contributed by atoms with Crippen LogP contribution >= 0.6 is 15.9 Å². The van der Waals surface area contributed by atoms with Gasteiger partial charge in [0.15, 0.2) is 11.5 Å². The molecule has 2 aromatic heterocycles. The number of alkyl halides is 3. The molecule has 0 saturated heterocycles.